The number of hydrogen-bond donors (Lipinski definition) is 2. The van der Waals surface area contributed by atoms with Gasteiger partial charge in [0.1, 0.15) is 0 Å². The van der Waals surface area contributed by atoms with Crippen molar-refractivity contribution >= 4 is 45.9 Å². The molecule has 12 heteroatoms. The normalized spacial score (nSPS) is 12.7. The van der Waals surface area contributed by atoms with Gasteiger partial charge in [-0.1, -0.05) is 31.4 Å². The SMILES string of the molecule is C=CC(=O)Nc1cc(Nc2nccc(-c3cn4c5c(c(C=C)ccc35)CCC4)n2)c(OC(F)(F)F)cc1N(C)CCN(C)C. The average Bonchev–Trinajstić information content (AvgIpc) is 3.37. The van der Waals surface area contributed by atoms with Gasteiger partial charge >= 0.3 is 6.36 Å². The third-order valence-corrected chi connectivity index (χ3v) is 7.47. The van der Waals surface area contributed by atoms with E-state index in [1.807, 2.05) is 43.4 Å². The molecular weight excluding hydrogens is 571 g/mol. The smallest absolute Gasteiger partial charge is 0.403 e. The van der Waals surface area contributed by atoms with Crippen LogP contribution in [0.1, 0.15) is 17.5 Å². The molecule has 0 unspecified atom stereocenters. The molecule has 2 aromatic carbocycles. The summed E-state index contributed by atoms with van der Waals surface area (Å²) in [7, 11) is 5.49. The van der Waals surface area contributed by atoms with E-state index in [0.29, 0.717) is 24.5 Å². The summed E-state index contributed by atoms with van der Waals surface area (Å²) >= 11 is 0. The highest BCUT2D eigenvalue weighted by molar-refractivity contribution is 6.02. The highest BCUT2D eigenvalue weighted by Crippen LogP contribution is 2.41. The maximum absolute atomic E-state index is 13.6. The van der Waals surface area contributed by atoms with E-state index in [1.54, 1.807) is 24.2 Å². The predicted molar refractivity (Wildman–Crippen MR) is 168 cm³/mol. The van der Waals surface area contributed by atoms with Crippen LogP contribution < -0.4 is 20.3 Å². The molecule has 0 atom stereocenters. The van der Waals surface area contributed by atoms with Gasteiger partial charge in [0, 0.05) is 56.1 Å². The summed E-state index contributed by atoms with van der Waals surface area (Å²) < 4.78 is 47.4. The van der Waals surface area contributed by atoms with Crippen LogP contribution in [0, 0.1) is 0 Å². The molecule has 9 nitrogen and oxygen atoms in total. The zero-order chi connectivity index (χ0) is 31.6. The van der Waals surface area contributed by atoms with Crippen LogP contribution in [-0.4, -0.2) is 65.9 Å². The van der Waals surface area contributed by atoms with Crippen molar-refractivity contribution in [2.45, 2.75) is 25.7 Å². The van der Waals surface area contributed by atoms with Gasteiger partial charge in [0.2, 0.25) is 11.9 Å². The Labute approximate surface area is 253 Å². The Morgan fingerprint density at radius 1 is 1.14 bits per heavy atom. The summed E-state index contributed by atoms with van der Waals surface area (Å²) in [5.74, 6) is -0.962. The molecule has 0 radical (unpaired) electrons. The van der Waals surface area contributed by atoms with Crippen molar-refractivity contribution < 1.29 is 22.7 Å². The van der Waals surface area contributed by atoms with E-state index >= 15 is 0 Å². The molecule has 0 spiro atoms. The number of amides is 1. The lowest BCUT2D eigenvalue weighted by Crippen LogP contribution is -2.29. The van der Waals surface area contributed by atoms with Crippen LogP contribution in [0.3, 0.4) is 0 Å². The maximum atomic E-state index is 13.6. The number of aromatic nitrogens is 3. The second kappa shape index (κ2) is 12.4. The molecule has 0 saturated carbocycles. The van der Waals surface area contributed by atoms with Gasteiger partial charge in [0.25, 0.3) is 0 Å². The van der Waals surface area contributed by atoms with Crippen LogP contribution in [-0.2, 0) is 17.8 Å². The van der Waals surface area contributed by atoms with Crippen molar-refractivity contribution in [2.24, 2.45) is 0 Å². The van der Waals surface area contributed by atoms with E-state index in [0.717, 1.165) is 47.5 Å². The predicted octanol–water partition coefficient (Wildman–Crippen LogP) is 6.45. The summed E-state index contributed by atoms with van der Waals surface area (Å²) in [6, 6.07) is 8.45. The molecule has 1 amide bonds. The Bertz CT molecular complexity index is 1730. The molecular formula is C32H34F3N7O2. The number of carbonyl (C=O) groups excluding carboxylic acids is 1. The molecule has 2 N–H and O–H groups in total. The van der Waals surface area contributed by atoms with E-state index < -0.39 is 18.0 Å². The molecule has 0 fully saturated rings. The number of benzene rings is 2. The van der Waals surface area contributed by atoms with Gasteiger partial charge < -0.3 is 29.7 Å². The lowest BCUT2D eigenvalue weighted by Gasteiger charge is -2.26. The average molecular weight is 606 g/mol. The van der Waals surface area contributed by atoms with E-state index in [1.165, 1.54) is 17.7 Å². The number of ether oxygens (including phenoxy) is 1. The Kier molecular flexibility index (Phi) is 8.63. The molecule has 44 heavy (non-hydrogen) atoms. The topological polar surface area (TPSA) is 87.5 Å². The summed E-state index contributed by atoms with van der Waals surface area (Å²) in [6.45, 7) is 9.39. The van der Waals surface area contributed by atoms with Gasteiger partial charge in [-0.3, -0.25) is 4.79 Å². The Balaban J connectivity index is 1.56. The second-order valence-corrected chi connectivity index (χ2v) is 10.8. The molecule has 1 aliphatic heterocycles. The third kappa shape index (κ3) is 6.55. The van der Waals surface area contributed by atoms with Gasteiger partial charge in [-0.15, -0.1) is 13.2 Å². The summed E-state index contributed by atoms with van der Waals surface area (Å²) in [5, 5.41) is 6.61. The number of carbonyl (C=O) groups is 1. The first-order valence-corrected chi connectivity index (χ1v) is 14.1. The monoisotopic (exact) mass is 605 g/mol. The van der Waals surface area contributed by atoms with Crippen LogP contribution in [0.4, 0.5) is 36.2 Å². The number of hydrogen-bond acceptors (Lipinski definition) is 7. The van der Waals surface area contributed by atoms with E-state index in [2.05, 4.69) is 43.1 Å². The number of halogens is 3. The fourth-order valence-corrected chi connectivity index (χ4v) is 5.38. The van der Waals surface area contributed by atoms with Gasteiger partial charge in [0.05, 0.1) is 28.3 Å². The second-order valence-electron chi connectivity index (χ2n) is 10.8. The first-order chi connectivity index (χ1) is 21.0. The van der Waals surface area contributed by atoms with Crippen LogP contribution in [0.2, 0.25) is 0 Å². The van der Waals surface area contributed by atoms with Crippen molar-refractivity contribution in [2.75, 3.05) is 49.8 Å². The molecule has 2 aromatic heterocycles. The number of likely N-dealkylation sites (N-methyl/N-ethyl adjacent to an activating group) is 2. The van der Waals surface area contributed by atoms with E-state index in [9.17, 15) is 18.0 Å². The van der Waals surface area contributed by atoms with Gasteiger partial charge in [0.15, 0.2) is 5.75 Å². The summed E-state index contributed by atoms with van der Waals surface area (Å²) in [6.07, 6.45) is 3.52. The molecule has 3 heterocycles. The molecule has 0 saturated heterocycles. The largest absolute Gasteiger partial charge is 0.573 e. The minimum absolute atomic E-state index is 0.0583. The maximum Gasteiger partial charge on any atom is 0.573 e. The molecule has 4 aromatic rings. The van der Waals surface area contributed by atoms with Crippen molar-refractivity contribution in [1.29, 1.82) is 0 Å². The summed E-state index contributed by atoms with van der Waals surface area (Å²) in [4.78, 5) is 24.9. The first kappa shape index (κ1) is 30.6. The Morgan fingerprint density at radius 3 is 2.64 bits per heavy atom. The van der Waals surface area contributed by atoms with E-state index in [-0.39, 0.29) is 17.3 Å². The number of nitrogens with zero attached hydrogens (tertiary/aromatic N) is 5. The van der Waals surface area contributed by atoms with Crippen LogP contribution in [0.5, 0.6) is 5.75 Å². The minimum atomic E-state index is -4.97. The third-order valence-electron chi connectivity index (χ3n) is 7.47. The molecule has 5 rings (SSSR count). The van der Waals surface area contributed by atoms with Gasteiger partial charge in [-0.2, -0.15) is 0 Å². The van der Waals surface area contributed by atoms with Crippen LogP contribution in [0.25, 0.3) is 28.2 Å². The summed E-state index contributed by atoms with van der Waals surface area (Å²) in [5.41, 5.74) is 5.46. The van der Waals surface area contributed by atoms with Crippen molar-refractivity contribution in [3.63, 3.8) is 0 Å². The zero-order valence-corrected chi connectivity index (χ0v) is 24.8. The first-order valence-electron chi connectivity index (χ1n) is 14.1. The number of aryl methyl sites for hydroxylation is 2. The molecule has 0 aliphatic carbocycles. The Morgan fingerprint density at radius 2 is 1.93 bits per heavy atom. The van der Waals surface area contributed by atoms with Crippen LogP contribution in [0.15, 0.2) is 62.0 Å². The highest BCUT2D eigenvalue weighted by Gasteiger charge is 2.33. The zero-order valence-electron chi connectivity index (χ0n) is 24.8. The van der Waals surface area contributed by atoms with Crippen LogP contribution >= 0.6 is 0 Å². The number of nitrogens with one attached hydrogen (secondary N) is 2. The molecule has 1 aliphatic rings. The quantitative estimate of drug-likeness (QED) is 0.190. The lowest BCUT2D eigenvalue weighted by atomic mass is 9.96. The van der Waals surface area contributed by atoms with Crippen molar-refractivity contribution in [3.05, 3.63) is 73.1 Å². The van der Waals surface area contributed by atoms with Crippen molar-refractivity contribution in [1.82, 2.24) is 19.4 Å². The van der Waals surface area contributed by atoms with Gasteiger partial charge in [-0.05, 0) is 56.3 Å². The van der Waals surface area contributed by atoms with E-state index in [4.69, 9.17) is 0 Å². The number of anilines is 4. The number of alkyl halides is 3. The fourth-order valence-electron chi connectivity index (χ4n) is 5.38. The lowest BCUT2D eigenvalue weighted by molar-refractivity contribution is -0.274. The molecule has 0 bridgehead atoms. The highest BCUT2D eigenvalue weighted by atomic mass is 19.4. The minimum Gasteiger partial charge on any atom is -0.403 e. The standard InChI is InChI=1S/C32H34F3N7O2/c1-6-20-10-11-22-23(19-42-14-8-9-21(20)30(22)42)24-12-13-36-31(38-24)39-26-17-25(37-29(43)7-2)27(41(5)16-15-40(3)4)18-28(26)44-32(33,34)35/h6-7,10-13,17-19H,1-2,8-9,14-16H2,3-5H3,(H,37,43)(H,36,38,39). The Hall–Kier alpha value is -4.84. The number of rotatable bonds is 11. The fraction of sp³-hybridized carbons (Fsp3) is 0.281. The van der Waals surface area contributed by atoms with Crippen molar-refractivity contribution in [3.8, 4) is 17.0 Å². The van der Waals surface area contributed by atoms with Gasteiger partial charge in [-0.25, -0.2) is 9.97 Å². The molecule has 230 valence electrons.